The zero-order chi connectivity index (χ0) is 14.5. The summed E-state index contributed by atoms with van der Waals surface area (Å²) in [7, 11) is 0. The SMILES string of the molecule is CCOc1ccccc1N1CCN([C@@H](C)C(=O)O)CC1. The summed E-state index contributed by atoms with van der Waals surface area (Å²) in [5.74, 6) is 0.142. The number of aliphatic carboxylic acids is 1. The van der Waals surface area contributed by atoms with Crippen molar-refractivity contribution in [2.24, 2.45) is 0 Å². The van der Waals surface area contributed by atoms with Crippen molar-refractivity contribution in [1.29, 1.82) is 0 Å². The number of carboxylic acid groups (broad SMARTS) is 1. The van der Waals surface area contributed by atoms with Crippen LogP contribution in [-0.4, -0.2) is 54.8 Å². The van der Waals surface area contributed by atoms with Gasteiger partial charge in [-0.2, -0.15) is 0 Å². The van der Waals surface area contributed by atoms with Gasteiger partial charge in [-0.25, -0.2) is 0 Å². The van der Waals surface area contributed by atoms with Crippen LogP contribution in [-0.2, 0) is 4.79 Å². The summed E-state index contributed by atoms with van der Waals surface area (Å²) in [6.45, 7) is 7.52. The van der Waals surface area contributed by atoms with Crippen molar-refractivity contribution in [3.05, 3.63) is 24.3 Å². The third kappa shape index (κ3) is 3.22. The molecule has 2 rings (SSSR count). The zero-order valence-electron chi connectivity index (χ0n) is 12.1. The molecule has 1 heterocycles. The number of anilines is 1. The summed E-state index contributed by atoms with van der Waals surface area (Å²) < 4.78 is 5.65. The van der Waals surface area contributed by atoms with Crippen LogP contribution in [0.25, 0.3) is 0 Å². The number of para-hydroxylation sites is 2. The third-order valence-electron chi connectivity index (χ3n) is 3.73. The van der Waals surface area contributed by atoms with Crippen LogP contribution >= 0.6 is 0 Å². The van der Waals surface area contributed by atoms with Gasteiger partial charge in [0.25, 0.3) is 0 Å². The summed E-state index contributed by atoms with van der Waals surface area (Å²) in [6.07, 6.45) is 0. The lowest BCUT2D eigenvalue weighted by Crippen LogP contribution is -2.51. The van der Waals surface area contributed by atoms with Crippen molar-refractivity contribution in [3.63, 3.8) is 0 Å². The highest BCUT2D eigenvalue weighted by atomic mass is 16.5. The van der Waals surface area contributed by atoms with E-state index < -0.39 is 12.0 Å². The molecule has 1 aliphatic rings. The number of hydrogen-bond acceptors (Lipinski definition) is 4. The maximum Gasteiger partial charge on any atom is 0.320 e. The molecule has 20 heavy (non-hydrogen) atoms. The molecule has 110 valence electrons. The fraction of sp³-hybridized carbons (Fsp3) is 0.533. The first-order valence-corrected chi connectivity index (χ1v) is 7.07. The Kier molecular flexibility index (Phi) is 4.84. The minimum Gasteiger partial charge on any atom is -0.492 e. The molecule has 0 amide bonds. The fourth-order valence-electron chi connectivity index (χ4n) is 2.50. The average molecular weight is 278 g/mol. The molecule has 1 saturated heterocycles. The van der Waals surface area contributed by atoms with Gasteiger partial charge >= 0.3 is 5.97 Å². The van der Waals surface area contributed by atoms with Gasteiger partial charge in [-0.3, -0.25) is 9.69 Å². The maximum absolute atomic E-state index is 11.0. The predicted molar refractivity (Wildman–Crippen MR) is 78.5 cm³/mol. The number of nitrogens with zero attached hydrogens (tertiary/aromatic N) is 2. The second-order valence-corrected chi connectivity index (χ2v) is 4.94. The lowest BCUT2D eigenvalue weighted by Gasteiger charge is -2.38. The molecular formula is C15H22N2O3. The normalized spacial score (nSPS) is 17.8. The maximum atomic E-state index is 11.0. The Morgan fingerprint density at radius 2 is 1.95 bits per heavy atom. The molecule has 1 fully saturated rings. The number of hydrogen-bond donors (Lipinski definition) is 1. The Bertz CT molecular complexity index is 456. The van der Waals surface area contributed by atoms with E-state index in [1.165, 1.54) is 0 Å². The van der Waals surface area contributed by atoms with E-state index in [1.54, 1.807) is 6.92 Å². The van der Waals surface area contributed by atoms with Crippen LogP contribution < -0.4 is 9.64 Å². The van der Waals surface area contributed by atoms with Crippen molar-refractivity contribution < 1.29 is 14.6 Å². The number of carboxylic acids is 1. The minimum atomic E-state index is -0.756. The number of carbonyl (C=O) groups is 1. The summed E-state index contributed by atoms with van der Waals surface area (Å²) >= 11 is 0. The van der Waals surface area contributed by atoms with Crippen molar-refractivity contribution >= 4 is 11.7 Å². The van der Waals surface area contributed by atoms with Crippen LogP contribution in [0, 0.1) is 0 Å². The van der Waals surface area contributed by atoms with E-state index >= 15 is 0 Å². The molecule has 0 unspecified atom stereocenters. The molecule has 0 radical (unpaired) electrons. The zero-order valence-corrected chi connectivity index (χ0v) is 12.1. The van der Waals surface area contributed by atoms with E-state index in [2.05, 4.69) is 11.0 Å². The van der Waals surface area contributed by atoms with E-state index in [-0.39, 0.29) is 0 Å². The molecule has 5 heteroatoms. The van der Waals surface area contributed by atoms with Crippen LogP contribution in [0.5, 0.6) is 5.75 Å². The van der Waals surface area contributed by atoms with Gasteiger partial charge in [0.2, 0.25) is 0 Å². The lowest BCUT2D eigenvalue weighted by molar-refractivity contribution is -0.142. The van der Waals surface area contributed by atoms with Gasteiger partial charge in [0.1, 0.15) is 11.8 Å². The van der Waals surface area contributed by atoms with Crippen LogP contribution in [0.2, 0.25) is 0 Å². The van der Waals surface area contributed by atoms with Gasteiger partial charge in [0.05, 0.1) is 12.3 Å². The monoisotopic (exact) mass is 278 g/mol. The van der Waals surface area contributed by atoms with Crippen LogP contribution in [0.15, 0.2) is 24.3 Å². The Balaban J connectivity index is 2.02. The fourth-order valence-corrected chi connectivity index (χ4v) is 2.50. The van der Waals surface area contributed by atoms with Crippen LogP contribution in [0.3, 0.4) is 0 Å². The van der Waals surface area contributed by atoms with E-state index in [1.807, 2.05) is 30.0 Å². The van der Waals surface area contributed by atoms with Gasteiger partial charge in [-0.15, -0.1) is 0 Å². The van der Waals surface area contributed by atoms with E-state index in [9.17, 15) is 4.79 Å². The lowest BCUT2D eigenvalue weighted by atomic mass is 10.2. The largest absolute Gasteiger partial charge is 0.492 e. The van der Waals surface area contributed by atoms with E-state index in [0.29, 0.717) is 6.61 Å². The highest BCUT2D eigenvalue weighted by molar-refractivity contribution is 5.73. The predicted octanol–water partition coefficient (Wildman–Crippen LogP) is 1.68. The van der Waals surface area contributed by atoms with Crippen molar-refractivity contribution in [3.8, 4) is 5.75 Å². The Labute approximate surface area is 119 Å². The number of piperazine rings is 1. The van der Waals surface area contributed by atoms with Gasteiger partial charge in [-0.1, -0.05) is 12.1 Å². The standard InChI is InChI=1S/C15H22N2O3/c1-3-20-14-7-5-4-6-13(14)17-10-8-16(9-11-17)12(2)15(18)19/h4-7,12H,3,8-11H2,1-2H3,(H,18,19)/t12-/m0/s1. The van der Waals surface area contributed by atoms with Gasteiger partial charge < -0.3 is 14.7 Å². The topological polar surface area (TPSA) is 53.0 Å². The molecule has 0 bridgehead atoms. The molecule has 1 aliphatic heterocycles. The second kappa shape index (κ2) is 6.61. The first-order chi connectivity index (χ1) is 9.63. The molecule has 5 nitrogen and oxygen atoms in total. The molecule has 1 N–H and O–H groups in total. The summed E-state index contributed by atoms with van der Waals surface area (Å²) in [6, 6.07) is 7.59. The first kappa shape index (κ1) is 14.7. The summed E-state index contributed by atoms with van der Waals surface area (Å²) in [5, 5.41) is 9.06. The number of rotatable bonds is 5. The molecular weight excluding hydrogens is 256 g/mol. The van der Waals surface area contributed by atoms with Crippen LogP contribution in [0.1, 0.15) is 13.8 Å². The van der Waals surface area contributed by atoms with Crippen molar-refractivity contribution in [2.75, 3.05) is 37.7 Å². The summed E-state index contributed by atoms with van der Waals surface area (Å²) in [5.41, 5.74) is 1.09. The number of ether oxygens (including phenoxy) is 1. The Hall–Kier alpha value is -1.75. The Morgan fingerprint density at radius 3 is 2.55 bits per heavy atom. The smallest absolute Gasteiger partial charge is 0.320 e. The average Bonchev–Trinajstić information content (AvgIpc) is 2.47. The van der Waals surface area contributed by atoms with Gasteiger partial charge in [0.15, 0.2) is 0 Å². The molecule has 0 aromatic heterocycles. The number of benzene rings is 1. The van der Waals surface area contributed by atoms with Crippen molar-refractivity contribution in [1.82, 2.24) is 4.90 Å². The molecule has 1 aromatic rings. The van der Waals surface area contributed by atoms with Gasteiger partial charge in [-0.05, 0) is 26.0 Å². The Morgan fingerprint density at radius 1 is 1.30 bits per heavy atom. The quantitative estimate of drug-likeness (QED) is 0.888. The highest BCUT2D eigenvalue weighted by Crippen LogP contribution is 2.28. The van der Waals surface area contributed by atoms with Gasteiger partial charge in [0, 0.05) is 26.2 Å². The second-order valence-electron chi connectivity index (χ2n) is 4.94. The summed E-state index contributed by atoms with van der Waals surface area (Å²) in [4.78, 5) is 15.3. The molecule has 0 aliphatic carbocycles. The minimum absolute atomic E-state index is 0.417. The molecule has 1 atom stereocenters. The highest BCUT2D eigenvalue weighted by Gasteiger charge is 2.26. The van der Waals surface area contributed by atoms with E-state index in [0.717, 1.165) is 37.6 Å². The molecule has 0 saturated carbocycles. The first-order valence-electron chi connectivity index (χ1n) is 7.07. The van der Waals surface area contributed by atoms with E-state index in [4.69, 9.17) is 9.84 Å². The molecule has 0 spiro atoms. The third-order valence-corrected chi connectivity index (χ3v) is 3.73. The van der Waals surface area contributed by atoms with Crippen molar-refractivity contribution in [2.45, 2.75) is 19.9 Å². The molecule has 1 aromatic carbocycles. The van der Waals surface area contributed by atoms with Crippen LogP contribution in [0.4, 0.5) is 5.69 Å².